The Labute approximate surface area is 309 Å². The molecular formula is C41H59N3O8. The fraction of sp³-hybridized carbons (Fsp3) is 0.634. The molecule has 286 valence electrons. The van der Waals surface area contributed by atoms with Crippen molar-refractivity contribution < 1.29 is 38.4 Å². The van der Waals surface area contributed by atoms with Crippen molar-refractivity contribution in [3.63, 3.8) is 0 Å². The van der Waals surface area contributed by atoms with E-state index < -0.39 is 59.8 Å². The second-order valence-corrected chi connectivity index (χ2v) is 15.7. The lowest BCUT2D eigenvalue weighted by Crippen LogP contribution is -2.59. The fourth-order valence-electron chi connectivity index (χ4n) is 8.89. The fourth-order valence-corrected chi connectivity index (χ4v) is 8.89. The summed E-state index contributed by atoms with van der Waals surface area (Å²) in [7, 11) is 3.89. The van der Waals surface area contributed by atoms with Crippen molar-refractivity contribution in [2.75, 3.05) is 33.8 Å². The zero-order valence-electron chi connectivity index (χ0n) is 32.4. The molecule has 4 aliphatic rings. The molecule has 4 heterocycles. The maximum absolute atomic E-state index is 13.8. The lowest BCUT2D eigenvalue weighted by molar-refractivity contribution is -0.295. The molecule has 2 saturated heterocycles. The SMILES string of the molecule is C=CC1OC(=O)/C(C)=C/[C@H](C)[C@@H](OC2O[C@@H](C)C[C@@H](N(C)C)[C@@H]2O)[C@@](C)(OC/C=C/c2ccccc2)C[C@@H](C)C2=NCCN3C(=O)O[C@@]1(C)[C@H]3[C@H]2C. The number of amides is 1. The third-order valence-corrected chi connectivity index (χ3v) is 11.4. The number of hydrogen-bond acceptors (Lipinski definition) is 10. The number of carbonyl (C=O) groups is 2. The Morgan fingerprint density at radius 1 is 1.13 bits per heavy atom. The number of fused-ring (bicyclic) bond motifs is 1. The number of aliphatic hydroxyl groups excluding tert-OH is 1. The third-order valence-electron chi connectivity index (χ3n) is 11.4. The molecule has 4 aliphatic heterocycles. The Morgan fingerprint density at radius 3 is 2.52 bits per heavy atom. The highest BCUT2D eigenvalue weighted by molar-refractivity contribution is 5.91. The van der Waals surface area contributed by atoms with Gasteiger partial charge in [0.25, 0.3) is 0 Å². The number of cyclic esters (lactones) is 1. The molecule has 2 fully saturated rings. The first kappa shape index (κ1) is 39.8. The van der Waals surface area contributed by atoms with Gasteiger partial charge in [0.2, 0.25) is 0 Å². The van der Waals surface area contributed by atoms with Crippen LogP contribution >= 0.6 is 0 Å². The van der Waals surface area contributed by atoms with Crippen LogP contribution in [0.2, 0.25) is 0 Å². The van der Waals surface area contributed by atoms with Crippen LogP contribution in [0.5, 0.6) is 0 Å². The van der Waals surface area contributed by atoms with Crippen LogP contribution < -0.4 is 0 Å². The molecular weight excluding hydrogens is 662 g/mol. The van der Waals surface area contributed by atoms with Crippen molar-refractivity contribution in [1.29, 1.82) is 0 Å². The Kier molecular flexibility index (Phi) is 12.5. The number of nitrogens with zero attached hydrogens (tertiary/aromatic N) is 3. The summed E-state index contributed by atoms with van der Waals surface area (Å²) in [6, 6.07) is 9.38. The number of rotatable bonds is 8. The van der Waals surface area contributed by atoms with Gasteiger partial charge < -0.3 is 33.7 Å². The molecule has 0 radical (unpaired) electrons. The molecule has 0 spiro atoms. The largest absolute Gasteiger partial charge is 0.450 e. The van der Waals surface area contributed by atoms with Crippen molar-refractivity contribution in [2.24, 2.45) is 22.7 Å². The third kappa shape index (κ3) is 8.24. The second kappa shape index (κ2) is 16.3. The van der Waals surface area contributed by atoms with Gasteiger partial charge in [0, 0.05) is 35.7 Å². The summed E-state index contributed by atoms with van der Waals surface area (Å²) in [5.41, 5.74) is 0.153. The van der Waals surface area contributed by atoms with Gasteiger partial charge in [-0.25, -0.2) is 9.59 Å². The zero-order valence-corrected chi connectivity index (χ0v) is 32.4. The van der Waals surface area contributed by atoms with E-state index in [2.05, 4.69) is 20.4 Å². The highest BCUT2D eigenvalue weighted by Crippen LogP contribution is 2.43. The van der Waals surface area contributed by atoms with Gasteiger partial charge in [-0.2, -0.15) is 0 Å². The van der Waals surface area contributed by atoms with E-state index in [0.29, 0.717) is 31.5 Å². The molecule has 12 atom stereocenters. The van der Waals surface area contributed by atoms with Gasteiger partial charge in [-0.1, -0.05) is 75.9 Å². The maximum Gasteiger partial charge on any atom is 0.411 e. The second-order valence-electron chi connectivity index (χ2n) is 15.7. The van der Waals surface area contributed by atoms with Gasteiger partial charge in [0.1, 0.15) is 6.10 Å². The molecule has 2 bridgehead atoms. The molecule has 11 heteroatoms. The Hall–Kier alpha value is -3.35. The highest BCUT2D eigenvalue weighted by atomic mass is 16.7. The van der Waals surface area contributed by atoms with Crippen LogP contribution in [0.25, 0.3) is 6.08 Å². The van der Waals surface area contributed by atoms with Gasteiger partial charge in [0.05, 0.1) is 37.0 Å². The Balaban J connectivity index is 1.60. The smallest absolute Gasteiger partial charge is 0.411 e. The number of carbonyl (C=O) groups excluding carboxylic acids is 2. The number of aliphatic hydroxyl groups is 1. The van der Waals surface area contributed by atoms with Gasteiger partial charge in [0.15, 0.2) is 18.0 Å². The average molecular weight is 722 g/mol. The molecule has 0 aromatic heterocycles. The summed E-state index contributed by atoms with van der Waals surface area (Å²) in [6.07, 6.45) is 4.42. The Morgan fingerprint density at radius 2 is 1.85 bits per heavy atom. The van der Waals surface area contributed by atoms with Crippen molar-refractivity contribution >= 4 is 23.9 Å². The predicted molar refractivity (Wildman–Crippen MR) is 201 cm³/mol. The average Bonchev–Trinajstić information content (AvgIpc) is 3.22. The van der Waals surface area contributed by atoms with Crippen molar-refractivity contribution in [2.45, 2.75) is 115 Å². The summed E-state index contributed by atoms with van der Waals surface area (Å²) in [5, 5.41) is 11.6. The first-order valence-electron chi connectivity index (χ1n) is 18.7. The molecule has 1 aromatic rings. The molecule has 1 amide bonds. The monoisotopic (exact) mass is 721 g/mol. The van der Waals surface area contributed by atoms with Gasteiger partial charge in [-0.15, -0.1) is 0 Å². The molecule has 11 nitrogen and oxygen atoms in total. The maximum atomic E-state index is 13.8. The van der Waals surface area contributed by atoms with Crippen LogP contribution in [0.4, 0.5) is 4.79 Å². The standard InChI is InChI=1S/C41H59N3O8/c1-11-32-41(8)35-29(6)33(42-19-20-44(35)39(47)52-41)27(4)24-40(7,48-21-15-18-30-16-13-12-14-17-30)36(25(2)22-26(3)37(46)50-32)51-38-34(45)31(43(9)10)23-28(5)49-38/h11-18,22,25,27-29,31-32,34-36,38,45H,1,19-21,23-24H2,2-10H3/b18-15+,26-22+/t25-,27+,28-,29-,31+,32?,34-,35+,36+,38?,40-,41+/m0/s1. The lowest BCUT2D eigenvalue weighted by Gasteiger charge is -2.47. The van der Waals surface area contributed by atoms with Gasteiger partial charge in [-0.3, -0.25) is 9.89 Å². The normalized spacial score (nSPS) is 39.9. The zero-order chi connectivity index (χ0) is 38.0. The number of likely N-dealkylation sites (N-methyl/N-ethyl adjacent to an activating group) is 1. The van der Waals surface area contributed by atoms with Crippen LogP contribution in [-0.4, -0.2) is 120 Å². The quantitative estimate of drug-likeness (QED) is 0.267. The summed E-state index contributed by atoms with van der Waals surface area (Å²) in [5.74, 6) is -1.34. The summed E-state index contributed by atoms with van der Waals surface area (Å²) in [4.78, 5) is 36.0. The number of hydrogen-bond donors (Lipinski definition) is 1. The summed E-state index contributed by atoms with van der Waals surface area (Å²) < 4.78 is 32.3. The number of aliphatic imine (C=N–C) groups is 1. The minimum atomic E-state index is -1.20. The van der Waals surface area contributed by atoms with E-state index in [1.54, 1.807) is 17.9 Å². The molecule has 0 saturated carbocycles. The van der Waals surface area contributed by atoms with Crippen LogP contribution in [0, 0.1) is 17.8 Å². The summed E-state index contributed by atoms with van der Waals surface area (Å²) >= 11 is 0. The van der Waals surface area contributed by atoms with E-state index in [0.717, 1.165) is 11.3 Å². The molecule has 52 heavy (non-hydrogen) atoms. The van der Waals surface area contributed by atoms with E-state index in [9.17, 15) is 14.7 Å². The van der Waals surface area contributed by atoms with Crippen LogP contribution in [0.1, 0.15) is 66.9 Å². The van der Waals surface area contributed by atoms with Crippen molar-refractivity contribution in [1.82, 2.24) is 9.80 Å². The number of benzene rings is 1. The lowest BCUT2D eigenvalue weighted by atomic mass is 9.74. The first-order valence-corrected chi connectivity index (χ1v) is 18.7. The molecule has 2 unspecified atom stereocenters. The van der Waals surface area contributed by atoms with Crippen LogP contribution in [0.3, 0.4) is 0 Å². The predicted octanol–water partition coefficient (Wildman–Crippen LogP) is 5.68. The van der Waals surface area contributed by atoms with E-state index in [1.807, 2.05) is 95.3 Å². The van der Waals surface area contributed by atoms with Gasteiger partial charge >= 0.3 is 12.1 Å². The van der Waals surface area contributed by atoms with Crippen LogP contribution in [-0.2, 0) is 28.5 Å². The Bertz CT molecular complexity index is 1530. The van der Waals surface area contributed by atoms with E-state index in [4.69, 9.17) is 28.7 Å². The minimum absolute atomic E-state index is 0.125. The number of ether oxygens (including phenoxy) is 5. The topological polar surface area (TPSA) is 119 Å². The van der Waals surface area contributed by atoms with Crippen molar-refractivity contribution in [3.05, 3.63) is 66.3 Å². The van der Waals surface area contributed by atoms with E-state index in [1.165, 1.54) is 0 Å². The first-order chi connectivity index (χ1) is 24.6. The highest BCUT2D eigenvalue weighted by Gasteiger charge is 2.59. The van der Waals surface area contributed by atoms with Crippen molar-refractivity contribution in [3.8, 4) is 0 Å². The molecule has 1 N–H and O–H groups in total. The molecule has 0 aliphatic carbocycles. The van der Waals surface area contributed by atoms with E-state index >= 15 is 0 Å². The number of esters is 1. The van der Waals surface area contributed by atoms with E-state index in [-0.39, 0.29) is 30.6 Å². The molecule has 1 aromatic carbocycles. The van der Waals surface area contributed by atoms with Crippen LogP contribution in [0.15, 0.2) is 65.7 Å². The summed E-state index contributed by atoms with van der Waals surface area (Å²) in [6.45, 7) is 18.8. The van der Waals surface area contributed by atoms with Gasteiger partial charge in [-0.05, 0) is 72.2 Å². The minimum Gasteiger partial charge on any atom is -0.450 e. The molecule has 5 rings (SSSR count).